The van der Waals surface area contributed by atoms with Gasteiger partial charge in [-0.25, -0.2) is 0 Å². The van der Waals surface area contributed by atoms with Gasteiger partial charge in [0.2, 0.25) is 0 Å². The van der Waals surface area contributed by atoms with E-state index in [4.69, 9.17) is 45.3 Å². The first-order chi connectivity index (χ1) is 20.8. The van der Waals surface area contributed by atoms with Crippen molar-refractivity contribution >= 4 is 60.8 Å². The van der Waals surface area contributed by atoms with E-state index in [9.17, 15) is 0 Å². The van der Waals surface area contributed by atoms with Gasteiger partial charge in [-0.3, -0.25) is 9.97 Å². The maximum atomic E-state index is 8.97. The molecule has 0 saturated carbocycles. The van der Waals surface area contributed by atoms with Crippen molar-refractivity contribution in [2.75, 3.05) is 14.2 Å². The molecule has 9 nitrogen and oxygen atoms in total. The zero-order valence-electron chi connectivity index (χ0n) is 23.7. The van der Waals surface area contributed by atoms with Crippen LogP contribution in [-0.2, 0) is 13.7 Å². The second kappa shape index (κ2) is 16.0. The Labute approximate surface area is 256 Å². The number of ether oxygens (including phenoxy) is 2. The molecule has 0 aliphatic carbocycles. The number of pyridine rings is 2. The summed E-state index contributed by atoms with van der Waals surface area (Å²) in [6.45, 7) is 14.4. The summed E-state index contributed by atoms with van der Waals surface area (Å²) >= 11 is 6.05. The Hall–Kier alpha value is -4.84. The number of methoxy groups -OCH3 is 2. The van der Waals surface area contributed by atoms with Crippen LogP contribution in [0.5, 0.6) is 11.5 Å². The van der Waals surface area contributed by atoms with Crippen molar-refractivity contribution in [3.8, 4) is 23.6 Å². The fourth-order valence-electron chi connectivity index (χ4n) is 3.80. The molecule has 0 unspecified atom stereocenters. The Morgan fingerprint density at radius 1 is 0.744 bits per heavy atom. The largest absolute Gasteiger partial charge is 0.497 e. The number of hydrogen-bond donors (Lipinski definition) is 0. The monoisotopic (exact) mass is 590 g/mol. The third-order valence-corrected chi connectivity index (χ3v) is 6.36. The lowest BCUT2D eigenvalue weighted by atomic mass is 9.70. The first-order valence-corrected chi connectivity index (χ1v) is 13.1. The summed E-state index contributed by atoms with van der Waals surface area (Å²) in [7, 11) is 1.83. The lowest BCUT2D eigenvalue weighted by Gasteiger charge is -2.26. The summed E-state index contributed by atoms with van der Waals surface area (Å²) in [5.41, 5.74) is 3.27. The highest BCUT2D eigenvalue weighted by Crippen LogP contribution is 2.28. The highest BCUT2D eigenvalue weighted by molar-refractivity contribution is 6.78. The minimum atomic E-state index is -0.454. The Bertz CT molecular complexity index is 1700. The van der Waals surface area contributed by atoms with E-state index < -0.39 is 21.4 Å². The smallest absolute Gasteiger partial charge is 0.458 e. The van der Waals surface area contributed by atoms with E-state index in [2.05, 4.69) is 42.4 Å². The van der Waals surface area contributed by atoms with E-state index in [-0.39, 0.29) is 0 Å². The summed E-state index contributed by atoms with van der Waals surface area (Å²) in [5.74, 6) is 6.09. The molecule has 2 aromatic carbocycles. The van der Waals surface area contributed by atoms with Gasteiger partial charge in [-0.2, -0.15) is 10.5 Å². The van der Waals surface area contributed by atoms with Gasteiger partial charge in [0, 0.05) is 28.7 Å². The maximum absolute atomic E-state index is 8.97. The zero-order valence-corrected chi connectivity index (χ0v) is 24.5. The Morgan fingerprint density at radius 3 is 1.60 bits per heavy atom. The van der Waals surface area contributed by atoms with Crippen LogP contribution in [0, 0.1) is 22.7 Å². The quantitative estimate of drug-likeness (QED) is 0.241. The van der Waals surface area contributed by atoms with E-state index in [0.29, 0.717) is 21.9 Å². The van der Waals surface area contributed by atoms with Gasteiger partial charge in [0.15, 0.2) is 0 Å². The number of nitrogens with zero attached hydrogens (tertiary/aromatic N) is 4. The molecule has 1 fully saturated rings. The summed E-state index contributed by atoms with van der Waals surface area (Å²) in [6, 6.07) is 15.0. The molecule has 43 heavy (non-hydrogen) atoms. The van der Waals surface area contributed by atoms with Crippen LogP contribution in [0.1, 0.15) is 16.7 Å². The van der Waals surface area contributed by atoms with Crippen molar-refractivity contribution in [2.24, 2.45) is 0 Å². The van der Waals surface area contributed by atoms with Crippen molar-refractivity contribution in [3.05, 3.63) is 115 Å². The van der Waals surface area contributed by atoms with Crippen LogP contribution in [0.3, 0.4) is 0 Å². The van der Waals surface area contributed by atoms with Crippen molar-refractivity contribution < 1.29 is 23.2 Å². The van der Waals surface area contributed by atoms with Gasteiger partial charge >= 0.3 is 21.4 Å². The van der Waals surface area contributed by atoms with E-state index in [0.717, 1.165) is 33.1 Å². The molecular formula is C30H26B3ClN4O5. The first-order valence-electron chi connectivity index (χ1n) is 12.7. The summed E-state index contributed by atoms with van der Waals surface area (Å²) < 4.78 is 25.8. The van der Waals surface area contributed by atoms with Gasteiger partial charge < -0.3 is 23.2 Å². The van der Waals surface area contributed by atoms with Crippen molar-refractivity contribution in [1.29, 1.82) is 10.5 Å². The molecule has 4 aromatic rings. The molecule has 0 amide bonds. The van der Waals surface area contributed by atoms with Gasteiger partial charge in [0.05, 0.1) is 41.4 Å². The molecule has 0 spiro atoms. The predicted octanol–water partition coefficient (Wildman–Crippen LogP) is 6.22. The third-order valence-electron chi connectivity index (χ3n) is 5.95. The van der Waals surface area contributed by atoms with Gasteiger partial charge in [0.25, 0.3) is 0 Å². The average molecular weight is 590 g/mol. The maximum Gasteiger partial charge on any atom is 0.458 e. The Balaban J connectivity index is 0.000000179. The molecule has 212 valence electrons. The van der Waals surface area contributed by atoms with E-state index in [1.54, 1.807) is 62.6 Å². The lowest BCUT2D eigenvalue weighted by Crippen LogP contribution is -2.46. The Morgan fingerprint density at radius 2 is 1.19 bits per heavy atom. The zero-order chi connectivity index (χ0) is 31.4. The average Bonchev–Trinajstić information content (AvgIpc) is 3.07. The standard InChI is InChI=1S/C13H10N2O.C11H7ClN2O.C6H9B3O3/c1-3-11-9(7-14)8-15-13-5-4-10(16-2)6-12(11)13;1-15-8-2-3-10-9(4-8)11(12)7(5-13)6-14-10;1-4-7-10-8(5-2)12-9(6-3)11-7/h3-6,8H,1H2,2H3;2-4,6H,1H3;4-6H,1-3H2. The summed E-state index contributed by atoms with van der Waals surface area (Å²) in [6.07, 6.45) is 4.70. The number of halogens is 1. The van der Waals surface area contributed by atoms with Gasteiger partial charge in [-0.1, -0.05) is 42.2 Å². The summed E-state index contributed by atoms with van der Waals surface area (Å²) in [5, 5.41) is 19.8. The number of hydrogen-bond acceptors (Lipinski definition) is 9. The van der Waals surface area contributed by atoms with Crippen LogP contribution in [0.15, 0.2) is 93.0 Å². The molecule has 5 rings (SSSR count). The van der Waals surface area contributed by atoms with Crippen LogP contribution in [0.2, 0.25) is 5.02 Å². The molecule has 0 N–H and O–H groups in total. The van der Waals surface area contributed by atoms with E-state index in [1.807, 2.05) is 24.3 Å². The number of fused-ring (bicyclic) bond motifs is 2. The van der Waals surface area contributed by atoms with Crippen LogP contribution < -0.4 is 9.47 Å². The molecule has 2 aromatic heterocycles. The second-order valence-corrected chi connectivity index (χ2v) is 8.86. The number of rotatable bonds is 6. The molecule has 0 radical (unpaired) electrons. The fraction of sp³-hybridized carbons (Fsp3) is 0.0667. The fourth-order valence-corrected chi connectivity index (χ4v) is 4.04. The second-order valence-electron chi connectivity index (χ2n) is 8.49. The van der Waals surface area contributed by atoms with E-state index in [1.165, 1.54) is 6.20 Å². The Kier molecular flexibility index (Phi) is 12.1. The predicted molar refractivity (Wildman–Crippen MR) is 172 cm³/mol. The van der Waals surface area contributed by atoms with Crippen molar-refractivity contribution in [2.45, 2.75) is 0 Å². The van der Waals surface area contributed by atoms with E-state index >= 15 is 0 Å². The molecule has 3 heterocycles. The molecule has 13 heteroatoms. The van der Waals surface area contributed by atoms with Crippen LogP contribution in [0.4, 0.5) is 0 Å². The molecule has 0 atom stereocenters. The van der Waals surface area contributed by atoms with Crippen LogP contribution in [0.25, 0.3) is 27.9 Å². The van der Waals surface area contributed by atoms with Crippen molar-refractivity contribution in [3.63, 3.8) is 0 Å². The number of nitriles is 2. The highest BCUT2D eigenvalue weighted by Gasteiger charge is 2.35. The first kappa shape index (κ1) is 32.7. The molecule has 1 aliphatic heterocycles. The normalized spacial score (nSPS) is 12.0. The molecule has 1 saturated heterocycles. The van der Waals surface area contributed by atoms with Gasteiger partial charge in [-0.15, -0.1) is 19.7 Å². The lowest BCUT2D eigenvalue weighted by molar-refractivity contribution is 0.306. The topological polar surface area (TPSA) is 120 Å². The number of aromatic nitrogens is 2. The van der Waals surface area contributed by atoms with Crippen LogP contribution >= 0.6 is 11.6 Å². The minimum Gasteiger partial charge on any atom is -0.497 e. The minimum absolute atomic E-state index is 0.373. The number of benzene rings is 2. The van der Waals surface area contributed by atoms with Crippen molar-refractivity contribution in [1.82, 2.24) is 9.97 Å². The van der Waals surface area contributed by atoms with Crippen LogP contribution in [-0.4, -0.2) is 45.5 Å². The van der Waals surface area contributed by atoms with Gasteiger partial charge in [0.1, 0.15) is 23.6 Å². The third kappa shape index (κ3) is 8.13. The SMILES string of the molecule is C=CB1OB(C=C)OB(C=C)O1.C=Cc1c(C#N)cnc2ccc(OC)cc12.COc1ccc2ncc(C#N)c(Cl)c2c1. The van der Waals surface area contributed by atoms with Gasteiger partial charge in [-0.05, 0) is 36.4 Å². The summed E-state index contributed by atoms with van der Waals surface area (Å²) in [4.78, 5) is 8.34. The highest BCUT2D eigenvalue weighted by atomic mass is 35.5. The molecule has 0 bridgehead atoms. The molecular weight excluding hydrogens is 564 g/mol. The molecule has 1 aliphatic rings.